The van der Waals surface area contributed by atoms with Crippen LogP contribution in [0.25, 0.3) is 10.4 Å². The Labute approximate surface area is 431 Å². The van der Waals surface area contributed by atoms with Crippen molar-refractivity contribution >= 4 is 17.9 Å². The molecule has 1 aliphatic rings. The zero-order valence-electron chi connectivity index (χ0n) is 45.6. The zero-order chi connectivity index (χ0) is 53.8. The molecule has 0 bridgehead atoms. The number of ether oxygens (including phenoxy) is 9. The van der Waals surface area contributed by atoms with Crippen molar-refractivity contribution in [3.63, 3.8) is 0 Å². The van der Waals surface area contributed by atoms with Crippen LogP contribution in [0.3, 0.4) is 0 Å². The number of allylic oxidation sites excluding steroid dienone is 1. The third-order valence-corrected chi connectivity index (χ3v) is 11.2. The van der Waals surface area contributed by atoms with Gasteiger partial charge in [0.05, 0.1) is 34.7 Å². The number of benzene rings is 3. The summed E-state index contributed by atoms with van der Waals surface area (Å²) in [4.78, 5) is 42.9. The molecule has 1 aliphatic heterocycles. The summed E-state index contributed by atoms with van der Waals surface area (Å²) in [7, 11) is 0. The summed E-state index contributed by atoms with van der Waals surface area (Å²) in [6, 6.07) is 24.8. The Hall–Kier alpha value is -5.12. The lowest BCUT2D eigenvalue weighted by Gasteiger charge is -2.46. The SMILES string of the molecule is [2H]C(O[C@H]1[C@@H](OCC(=O)OC(C)(C)C)[C@@H](COCC(=O)OC(C)(C)C)OC(OC[C@H](N=[N+]=[N-])[C@@H](/C=C/CCCCCCCCCCCCC)OC(=O)c2ccccc2)[C@@H]1OC([2H])c1ccccc1)c1ccccc1. The summed E-state index contributed by atoms with van der Waals surface area (Å²) in [5.41, 5.74) is 9.54. The minimum atomic E-state index is -1.49. The first-order valence-electron chi connectivity index (χ1n) is 26.8. The fraction of sp³-hybridized carbons (Fsp3) is 0.596. The maximum Gasteiger partial charge on any atom is 0.338 e. The van der Waals surface area contributed by atoms with Crippen LogP contribution >= 0.6 is 0 Å². The highest BCUT2D eigenvalue weighted by atomic mass is 16.7. The highest BCUT2D eigenvalue weighted by Gasteiger charge is 2.50. The molecule has 1 saturated heterocycles. The number of rotatable bonds is 33. The van der Waals surface area contributed by atoms with Gasteiger partial charge in [-0.3, -0.25) is 0 Å². The highest BCUT2D eigenvalue weighted by Crippen LogP contribution is 2.32. The lowest BCUT2D eigenvalue weighted by Crippen LogP contribution is -2.62. The van der Waals surface area contributed by atoms with E-state index in [4.69, 9.17) is 42.6 Å². The molecular weight excluding hydrogens is 919 g/mol. The van der Waals surface area contributed by atoms with Gasteiger partial charge in [0.2, 0.25) is 0 Å². The number of azide groups is 1. The molecule has 72 heavy (non-hydrogen) atoms. The molecule has 3 unspecified atom stereocenters. The molecule has 3 aromatic rings. The van der Waals surface area contributed by atoms with E-state index in [1.54, 1.807) is 139 Å². The van der Waals surface area contributed by atoms with Crippen LogP contribution in [0.5, 0.6) is 0 Å². The Kier molecular flexibility index (Phi) is 25.6. The van der Waals surface area contributed by atoms with Crippen LogP contribution in [0.2, 0.25) is 0 Å². The van der Waals surface area contributed by atoms with Crippen molar-refractivity contribution in [1.82, 2.24) is 0 Å². The molecule has 0 N–H and O–H groups in total. The second-order valence-corrected chi connectivity index (χ2v) is 19.9. The Balaban J connectivity index is 1.69. The fourth-order valence-electron chi connectivity index (χ4n) is 7.81. The van der Waals surface area contributed by atoms with Gasteiger partial charge in [-0.1, -0.05) is 161 Å². The molecule has 396 valence electrons. The van der Waals surface area contributed by atoms with Gasteiger partial charge in [0, 0.05) is 4.91 Å². The Morgan fingerprint density at radius 3 is 1.74 bits per heavy atom. The van der Waals surface area contributed by atoms with E-state index >= 15 is 0 Å². The van der Waals surface area contributed by atoms with E-state index in [9.17, 15) is 22.7 Å². The number of esters is 3. The topological polar surface area (TPSA) is 183 Å². The normalized spacial score (nSPS) is 20.3. The number of carbonyl (C=O) groups is 3. The molecule has 0 aromatic heterocycles. The molecule has 9 atom stereocenters. The van der Waals surface area contributed by atoms with Gasteiger partial charge in [0.1, 0.15) is 61.0 Å². The first-order chi connectivity index (χ1) is 35.5. The lowest BCUT2D eigenvalue weighted by molar-refractivity contribution is -0.327. The maximum atomic E-state index is 13.6. The maximum absolute atomic E-state index is 13.6. The third-order valence-electron chi connectivity index (χ3n) is 11.2. The van der Waals surface area contributed by atoms with Gasteiger partial charge >= 0.3 is 17.9 Å². The fourth-order valence-corrected chi connectivity index (χ4v) is 7.81. The molecular formula is C57H81N3O12. The van der Waals surface area contributed by atoms with E-state index < -0.39 is 105 Å². The molecule has 1 fully saturated rings. The summed E-state index contributed by atoms with van der Waals surface area (Å²) < 4.78 is 74.1. The van der Waals surface area contributed by atoms with E-state index in [1.807, 2.05) is 6.08 Å². The standard InChI is InChI=1S/C57H81N3O12/c1-8-9-10-11-12-13-14-15-16-17-18-19-29-36-47(69-54(63)45-34-27-22-28-35-45)46(59-60-58)39-68-55-53(66-38-44-32-25-21-26-33-44)52(65-37-43-30-23-20-24-31-43)51(67-42-50(62)72-57(5,6)7)48(70-55)40-64-41-49(61)71-56(2,3)4/h20-36,46-48,51-53,55H,8-19,37-42H2,1-7H3/b36-29+/t46-,47+,48+,51-,52-,53+,55?/m0/s1/i37D,38D/t37?,38?,46-,47+,48+,51-,52-,53+,55?. The molecule has 4 rings (SSSR count). The zero-order valence-corrected chi connectivity index (χ0v) is 43.6. The van der Waals surface area contributed by atoms with Crippen LogP contribution < -0.4 is 0 Å². The van der Waals surface area contributed by atoms with E-state index in [2.05, 4.69) is 16.9 Å². The molecule has 0 amide bonds. The van der Waals surface area contributed by atoms with Gasteiger partial charge in [-0.15, -0.1) is 0 Å². The van der Waals surface area contributed by atoms with Crippen molar-refractivity contribution in [2.75, 3.05) is 26.4 Å². The molecule has 15 heteroatoms. The van der Waals surface area contributed by atoms with Crippen LogP contribution in [0, 0.1) is 0 Å². The number of nitrogens with zero attached hydrogens (tertiary/aromatic N) is 3. The van der Waals surface area contributed by atoms with E-state index in [-0.39, 0.29) is 6.61 Å². The van der Waals surface area contributed by atoms with E-state index in [1.165, 1.54) is 51.4 Å². The van der Waals surface area contributed by atoms with Crippen molar-refractivity contribution < 1.29 is 59.8 Å². The van der Waals surface area contributed by atoms with Crippen molar-refractivity contribution in [2.24, 2.45) is 5.11 Å². The minimum absolute atomic E-state index is 0.290. The van der Waals surface area contributed by atoms with Crippen LogP contribution in [0.1, 0.15) is 150 Å². The van der Waals surface area contributed by atoms with Crippen LogP contribution in [0.4, 0.5) is 0 Å². The van der Waals surface area contributed by atoms with Gasteiger partial charge in [-0.25, -0.2) is 14.4 Å². The first kappa shape index (κ1) is 56.2. The molecule has 0 saturated carbocycles. The summed E-state index contributed by atoms with van der Waals surface area (Å²) in [6.07, 6.45) is 9.66. The number of carbonyl (C=O) groups excluding carboxylic acids is 3. The third kappa shape index (κ3) is 24.1. The van der Waals surface area contributed by atoms with Gasteiger partial charge in [-0.05, 0) is 89.3 Å². The van der Waals surface area contributed by atoms with E-state index in [0.29, 0.717) is 23.1 Å². The summed E-state index contributed by atoms with van der Waals surface area (Å²) in [5.74, 6) is -2.01. The van der Waals surface area contributed by atoms with Gasteiger partial charge in [0.15, 0.2) is 6.29 Å². The van der Waals surface area contributed by atoms with Crippen molar-refractivity contribution in [2.45, 2.75) is 193 Å². The number of unbranched alkanes of at least 4 members (excludes halogenated alkanes) is 11. The second-order valence-electron chi connectivity index (χ2n) is 19.9. The summed E-state index contributed by atoms with van der Waals surface area (Å²) >= 11 is 0. The predicted octanol–water partition coefficient (Wildman–Crippen LogP) is 12.1. The number of hydrogen-bond acceptors (Lipinski definition) is 13. The Bertz CT molecular complexity index is 2140. The highest BCUT2D eigenvalue weighted by molar-refractivity contribution is 5.89. The monoisotopic (exact) mass is 1000 g/mol. The smallest absolute Gasteiger partial charge is 0.338 e. The average Bonchev–Trinajstić information content (AvgIpc) is 3.36. The molecule has 1 heterocycles. The summed E-state index contributed by atoms with van der Waals surface area (Å²) in [6.45, 7) is 7.97. The quantitative estimate of drug-likeness (QED) is 0.0107. The van der Waals surface area contributed by atoms with E-state index in [0.717, 1.165) is 19.3 Å². The van der Waals surface area contributed by atoms with Crippen molar-refractivity contribution in [3.05, 3.63) is 130 Å². The van der Waals surface area contributed by atoms with Crippen LogP contribution in [-0.4, -0.2) is 98.4 Å². The van der Waals surface area contributed by atoms with Crippen LogP contribution in [0.15, 0.2) is 108 Å². The Morgan fingerprint density at radius 1 is 0.681 bits per heavy atom. The molecule has 0 spiro atoms. The predicted molar refractivity (Wildman–Crippen MR) is 276 cm³/mol. The van der Waals surface area contributed by atoms with Crippen LogP contribution in [-0.2, 0) is 65.4 Å². The molecule has 3 aromatic carbocycles. The van der Waals surface area contributed by atoms with Gasteiger partial charge in [0.25, 0.3) is 0 Å². The molecule has 0 radical (unpaired) electrons. The number of hydrogen-bond donors (Lipinski definition) is 0. The van der Waals surface area contributed by atoms with Crippen molar-refractivity contribution in [1.29, 1.82) is 0 Å². The molecule has 15 nitrogen and oxygen atoms in total. The first-order valence-corrected chi connectivity index (χ1v) is 25.6. The van der Waals surface area contributed by atoms with Crippen molar-refractivity contribution in [3.8, 4) is 0 Å². The lowest BCUT2D eigenvalue weighted by atomic mass is 9.97. The summed E-state index contributed by atoms with van der Waals surface area (Å²) in [5, 5.41) is 4.07. The minimum Gasteiger partial charge on any atom is -0.458 e. The Morgan fingerprint density at radius 2 is 1.19 bits per heavy atom. The largest absolute Gasteiger partial charge is 0.458 e. The van der Waals surface area contributed by atoms with Gasteiger partial charge in [-0.2, -0.15) is 0 Å². The average molecular weight is 1000 g/mol. The molecule has 0 aliphatic carbocycles. The second kappa shape index (κ2) is 32.8. The van der Waals surface area contributed by atoms with Gasteiger partial charge < -0.3 is 42.6 Å².